The molecule has 0 N–H and O–H groups in total. The van der Waals surface area contributed by atoms with Crippen LogP contribution in [0.2, 0.25) is 0 Å². The Labute approximate surface area is 179 Å². The molecule has 2 aromatic carbocycles. The summed E-state index contributed by atoms with van der Waals surface area (Å²) < 4.78 is 8.11. The van der Waals surface area contributed by atoms with Crippen molar-refractivity contribution in [3.63, 3.8) is 0 Å². The molecule has 1 amide bonds. The number of amides is 1. The van der Waals surface area contributed by atoms with Gasteiger partial charge in [-0.05, 0) is 18.2 Å². The van der Waals surface area contributed by atoms with Crippen LogP contribution in [0.25, 0.3) is 5.69 Å². The maximum Gasteiger partial charge on any atom is 0.260 e. The fourth-order valence-corrected chi connectivity index (χ4v) is 6.03. The van der Waals surface area contributed by atoms with Crippen molar-refractivity contribution in [1.82, 2.24) is 14.7 Å². The van der Waals surface area contributed by atoms with E-state index in [1.165, 1.54) is 5.56 Å². The van der Waals surface area contributed by atoms with Crippen molar-refractivity contribution in [2.45, 2.75) is 11.1 Å². The number of hydrogen-bond acceptors (Lipinski definition) is 5. The molecule has 1 aromatic heterocycles. The summed E-state index contributed by atoms with van der Waals surface area (Å²) >= 11 is 3.86. The molecule has 1 aliphatic rings. The lowest BCUT2D eigenvalue weighted by molar-refractivity contribution is -0.132. The van der Waals surface area contributed by atoms with Crippen LogP contribution in [0.3, 0.4) is 0 Å². The normalized spacial score (nSPS) is 14.1. The average Bonchev–Trinajstić information content (AvgIpc) is 3.45. The molecule has 1 saturated heterocycles. The van der Waals surface area contributed by atoms with E-state index in [1.54, 1.807) is 18.1 Å². The monoisotopic (exact) mass is 425 g/mol. The summed E-state index contributed by atoms with van der Waals surface area (Å²) in [6, 6.07) is 17.9. The summed E-state index contributed by atoms with van der Waals surface area (Å²) in [6.45, 7) is 0.521. The third kappa shape index (κ3) is 4.97. The molecule has 29 heavy (non-hydrogen) atoms. The Morgan fingerprint density at radius 2 is 1.86 bits per heavy atom. The molecule has 150 valence electrons. The predicted molar refractivity (Wildman–Crippen MR) is 120 cm³/mol. The first-order valence-electron chi connectivity index (χ1n) is 9.48. The summed E-state index contributed by atoms with van der Waals surface area (Å²) in [5, 5.41) is 4.39. The molecule has 0 radical (unpaired) electrons. The zero-order chi connectivity index (χ0) is 20.1. The Morgan fingerprint density at radius 1 is 1.14 bits per heavy atom. The van der Waals surface area contributed by atoms with Gasteiger partial charge in [-0.2, -0.15) is 5.10 Å². The second kappa shape index (κ2) is 9.41. The van der Waals surface area contributed by atoms with Crippen LogP contribution < -0.4 is 4.74 Å². The summed E-state index contributed by atoms with van der Waals surface area (Å²) in [4.78, 5) is 14.3. The Morgan fingerprint density at radius 3 is 2.66 bits per heavy atom. The molecule has 0 spiro atoms. The van der Waals surface area contributed by atoms with Gasteiger partial charge in [-0.3, -0.25) is 4.79 Å². The van der Waals surface area contributed by atoms with Gasteiger partial charge in [-0.25, -0.2) is 4.68 Å². The highest BCUT2D eigenvalue weighted by molar-refractivity contribution is 8.19. The fraction of sp³-hybridized carbons (Fsp3) is 0.273. The Balaban J connectivity index is 1.34. The van der Waals surface area contributed by atoms with Crippen LogP contribution in [0.1, 0.15) is 15.7 Å². The van der Waals surface area contributed by atoms with Crippen molar-refractivity contribution in [3.05, 3.63) is 78.1 Å². The summed E-state index contributed by atoms with van der Waals surface area (Å²) in [5.74, 6) is 3.06. The number of rotatable bonds is 7. The SMILES string of the molecule is CN(Cc1cnn(-c2ccccc2)c1)C(=O)COc1ccccc1C1SCCS1. The van der Waals surface area contributed by atoms with E-state index in [-0.39, 0.29) is 12.5 Å². The van der Waals surface area contributed by atoms with Gasteiger partial charge in [0.15, 0.2) is 6.61 Å². The van der Waals surface area contributed by atoms with Crippen molar-refractivity contribution in [1.29, 1.82) is 0 Å². The minimum absolute atomic E-state index is 0.0301. The molecule has 5 nitrogen and oxygen atoms in total. The van der Waals surface area contributed by atoms with Crippen molar-refractivity contribution in [2.75, 3.05) is 25.2 Å². The van der Waals surface area contributed by atoms with Crippen LogP contribution in [-0.4, -0.2) is 45.7 Å². The number of thioether (sulfide) groups is 2. The summed E-state index contributed by atoms with van der Waals surface area (Å²) in [5.41, 5.74) is 3.14. The standard InChI is InChI=1S/C22H23N3O2S2/c1-24(14-17-13-23-25(15-17)18-7-3-2-4-8-18)21(26)16-27-20-10-6-5-9-19(20)22-28-11-12-29-22/h2-10,13,15,22H,11-12,14,16H2,1H3. The lowest BCUT2D eigenvalue weighted by Crippen LogP contribution is -2.31. The number of para-hydroxylation sites is 2. The Kier molecular flexibility index (Phi) is 6.46. The highest BCUT2D eigenvalue weighted by atomic mass is 32.2. The van der Waals surface area contributed by atoms with Crippen LogP contribution in [0.4, 0.5) is 0 Å². The second-order valence-corrected chi connectivity index (χ2v) is 9.50. The molecular formula is C22H23N3O2S2. The number of aromatic nitrogens is 2. The van der Waals surface area contributed by atoms with E-state index in [1.807, 2.05) is 82.9 Å². The van der Waals surface area contributed by atoms with Gasteiger partial charge in [-0.1, -0.05) is 36.4 Å². The highest BCUT2D eigenvalue weighted by Crippen LogP contribution is 2.48. The average molecular weight is 426 g/mol. The van der Waals surface area contributed by atoms with E-state index >= 15 is 0 Å². The minimum Gasteiger partial charge on any atom is -0.483 e. The van der Waals surface area contributed by atoms with Crippen LogP contribution in [0.15, 0.2) is 67.0 Å². The number of ether oxygens (including phenoxy) is 1. The van der Waals surface area contributed by atoms with Gasteiger partial charge in [0.05, 0.1) is 16.5 Å². The topological polar surface area (TPSA) is 47.4 Å². The molecular weight excluding hydrogens is 402 g/mol. The van der Waals surface area contributed by atoms with Crippen molar-refractivity contribution in [3.8, 4) is 11.4 Å². The molecule has 0 atom stereocenters. The second-order valence-electron chi connectivity index (χ2n) is 6.78. The molecule has 0 aliphatic carbocycles. The van der Waals surface area contributed by atoms with Crippen LogP contribution in [-0.2, 0) is 11.3 Å². The Bertz CT molecular complexity index is 955. The van der Waals surface area contributed by atoms with Gasteiger partial charge in [0.1, 0.15) is 5.75 Å². The third-order valence-electron chi connectivity index (χ3n) is 4.65. The maximum atomic E-state index is 12.6. The molecule has 4 rings (SSSR count). The van der Waals surface area contributed by atoms with Crippen LogP contribution in [0, 0.1) is 0 Å². The molecule has 1 aliphatic heterocycles. The van der Waals surface area contributed by atoms with Gasteiger partial charge >= 0.3 is 0 Å². The van der Waals surface area contributed by atoms with Crippen molar-refractivity contribution < 1.29 is 9.53 Å². The molecule has 0 bridgehead atoms. The van der Waals surface area contributed by atoms with Crippen molar-refractivity contribution >= 4 is 29.4 Å². The first-order chi connectivity index (χ1) is 14.2. The van der Waals surface area contributed by atoms with Gasteiger partial charge in [-0.15, -0.1) is 23.5 Å². The smallest absolute Gasteiger partial charge is 0.260 e. The number of likely N-dealkylation sites (N-methyl/N-ethyl adjacent to an activating group) is 1. The van der Waals surface area contributed by atoms with E-state index < -0.39 is 0 Å². The van der Waals surface area contributed by atoms with Gasteiger partial charge in [0, 0.05) is 42.4 Å². The third-order valence-corrected chi connectivity index (χ3v) is 7.72. The zero-order valence-electron chi connectivity index (χ0n) is 16.2. The minimum atomic E-state index is -0.0565. The van der Waals surface area contributed by atoms with Crippen LogP contribution >= 0.6 is 23.5 Å². The number of nitrogens with zero attached hydrogens (tertiary/aromatic N) is 3. The number of carbonyl (C=O) groups is 1. The largest absolute Gasteiger partial charge is 0.483 e. The van der Waals surface area contributed by atoms with Crippen LogP contribution in [0.5, 0.6) is 5.75 Å². The van der Waals surface area contributed by atoms with E-state index in [4.69, 9.17) is 4.74 Å². The summed E-state index contributed by atoms with van der Waals surface area (Å²) in [6.07, 6.45) is 3.74. The number of carbonyl (C=O) groups excluding carboxylic acids is 1. The molecule has 3 aromatic rings. The van der Waals surface area contributed by atoms with E-state index in [0.29, 0.717) is 11.1 Å². The lowest BCUT2D eigenvalue weighted by atomic mass is 10.2. The molecule has 1 fully saturated rings. The molecule has 2 heterocycles. The highest BCUT2D eigenvalue weighted by Gasteiger charge is 2.22. The van der Waals surface area contributed by atoms with Gasteiger partial charge < -0.3 is 9.64 Å². The van der Waals surface area contributed by atoms with E-state index in [2.05, 4.69) is 11.2 Å². The molecule has 0 unspecified atom stereocenters. The molecule has 7 heteroatoms. The summed E-state index contributed by atoms with van der Waals surface area (Å²) in [7, 11) is 1.79. The van der Waals surface area contributed by atoms with E-state index in [9.17, 15) is 4.79 Å². The maximum absolute atomic E-state index is 12.6. The fourth-order valence-electron chi connectivity index (χ4n) is 3.12. The Hall–Kier alpha value is -2.38. The lowest BCUT2D eigenvalue weighted by Gasteiger charge is -2.18. The number of benzene rings is 2. The first kappa shape index (κ1) is 19.9. The van der Waals surface area contributed by atoms with E-state index in [0.717, 1.165) is 28.5 Å². The van der Waals surface area contributed by atoms with Gasteiger partial charge in [0.2, 0.25) is 0 Å². The molecule has 0 saturated carbocycles. The van der Waals surface area contributed by atoms with Gasteiger partial charge in [0.25, 0.3) is 5.91 Å². The number of hydrogen-bond donors (Lipinski definition) is 0. The van der Waals surface area contributed by atoms with Crippen molar-refractivity contribution in [2.24, 2.45) is 0 Å². The zero-order valence-corrected chi connectivity index (χ0v) is 17.9. The quantitative estimate of drug-likeness (QED) is 0.562. The first-order valence-corrected chi connectivity index (χ1v) is 11.6. The predicted octanol–water partition coefficient (Wildman–Crippen LogP) is 4.39.